The van der Waals surface area contributed by atoms with Crippen molar-refractivity contribution in [3.8, 4) is 0 Å². The highest BCUT2D eigenvalue weighted by atomic mass is 19.2. The van der Waals surface area contributed by atoms with Crippen molar-refractivity contribution < 1.29 is 13.5 Å². The van der Waals surface area contributed by atoms with Crippen LogP contribution in [0.4, 0.5) is 8.78 Å². The zero-order valence-corrected chi connectivity index (χ0v) is 13.5. The van der Waals surface area contributed by atoms with Crippen LogP contribution in [-0.4, -0.2) is 32.8 Å². The van der Waals surface area contributed by atoms with Crippen molar-refractivity contribution in [3.05, 3.63) is 47.0 Å². The van der Waals surface area contributed by atoms with Crippen molar-refractivity contribution in [3.63, 3.8) is 0 Å². The molecule has 0 bridgehead atoms. The van der Waals surface area contributed by atoms with Gasteiger partial charge in [-0.25, -0.2) is 8.78 Å². The van der Waals surface area contributed by atoms with Gasteiger partial charge in [0.2, 0.25) is 0 Å². The fourth-order valence-electron chi connectivity index (χ4n) is 2.40. The Hall–Kier alpha value is -1.95. The first kappa shape index (κ1) is 17.4. The Labute approximate surface area is 135 Å². The third-order valence-electron chi connectivity index (χ3n) is 3.82. The van der Waals surface area contributed by atoms with Gasteiger partial charge >= 0.3 is 0 Å². The van der Waals surface area contributed by atoms with Crippen molar-refractivity contribution in [2.75, 3.05) is 26.8 Å². The predicted molar refractivity (Wildman–Crippen MR) is 87.4 cm³/mol. The van der Waals surface area contributed by atoms with Gasteiger partial charge < -0.3 is 15.4 Å². The summed E-state index contributed by atoms with van der Waals surface area (Å²) in [5.74, 6) is -1.05. The molecular weight excluding hydrogens is 300 g/mol. The summed E-state index contributed by atoms with van der Waals surface area (Å²) in [5, 5.41) is 6.41. The number of nitrogens with one attached hydrogen (secondary N) is 2. The van der Waals surface area contributed by atoms with Crippen molar-refractivity contribution in [1.82, 2.24) is 10.6 Å². The SMILES string of the molecule is CN=C(NCCC1=CCOCC1)NC(C)c1ccc(F)c(F)c1. The third-order valence-corrected chi connectivity index (χ3v) is 3.82. The lowest BCUT2D eigenvalue weighted by Gasteiger charge is -2.19. The quantitative estimate of drug-likeness (QED) is 0.497. The van der Waals surface area contributed by atoms with Crippen molar-refractivity contribution in [1.29, 1.82) is 0 Å². The molecule has 2 N–H and O–H groups in total. The summed E-state index contributed by atoms with van der Waals surface area (Å²) >= 11 is 0. The van der Waals surface area contributed by atoms with Crippen LogP contribution in [0.3, 0.4) is 0 Å². The van der Waals surface area contributed by atoms with Gasteiger partial charge in [-0.1, -0.05) is 17.7 Å². The molecule has 1 unspecified atom stereocenters. The molecule has 0 aliphatic carbocycles. The van der Waals surface area contributed by atoms with E-state index in [9.17, 15) is 8.78 Å². The lowest BCUT2D eigenvalue weighted by atomic mass is 10.1. The Morgan fingerprint density at radius 3 is 2.83 bits per heavy atom. The van der Waals surface area contributed by atoms with Gasteiger partial charge in [0.05, 0.1) is 19.3 Å². The van der Waals surface area contributed by atoms with E-state index in [0.29, 0.717) is 18.1 Å². The lowest BCUT2D eigenvalue weighted by Crippen LogP contribution is -2.39. The molecule has 1 aromatic rings. The first-order valence-corrected chi connectivity index (χ1v) is 7.78. The maximum atomic E-state index is 13.3. The first-order chi connectivity index (χ1) is 11.1. The first-order valence-electron chi connectivity index (χ1n) is 7.78. The van der Waals surface area contributed by atoms with Gasteiger partial charge in [0.15, 0.2) is 17.6 Å². The maximum absolute atomic E-state index is 13.3. The highest BCUT2D eigenvalue weighted by molar-refractivity contribution is 5.80. The van der Waals surface area contributed by atoms with E-state index < -0.39 is 11.6 Å². The highest BCUT2D eigenvalue weighted by Crippen LogP contribution is 2.16. The van der Waals surface area contributed by atoms with E-state index in [1.807, 2.05) is 6.92 Å². The molecule has 0 amide bonds. The fourth-order valence-corrected chi connectivity index (χ4v) is 2.40. The third kappa shape index (κ3) is 5.32. The molecule has 1 aromatic carbocycles. The summed E-state index contributed by atoms with van der Waals surface area (Å²) in [6.07, 6.45) is 4.02. The normalized spacial score (nSPS) is 16.7. The molecule has 0 spiro atoms. The van der Waals surface area contributed by atoms with Gasteiger partial charge in [-0.3, -0.25) is 4.99 Å². The Balaban J connectivity index is 1.83. The van der Waals surface area contributed by atoms with Crippen molar-refractivity contribution >= 4 is 5.96 Å². The number of halogens is 2. The molecule has 0 aromatic heterocycles. The number of benzene rings is 1. The summed E-state index contributed by atoms with van der Waals surface area (Å²) < 4.78 is 31.6. The molecule has 1 aliphatic rings. The van der Waals surface area contributed by atoms with E-state index in [4.69, 9.17) is 4.74 Å². The van der Waals surface area contributed by atoms with E-state index in [1.165, 1.54) is 11.6 Å². The number of nitrogens with zero attached hydrogens (tertiary/aromatic N) is 1. The average Bonchev–Trinajstić information content (AvgIpc) is 2.57. The monoisotopic (exact) mass is 323 g/mol. The molecule has 0 fully saturated rings. The van der Waals surface area contributed by atoms with Gasteiger partial charge in [0.1, 0.15) is 0 Å². The molecule has 2 rings (SSSR count). The van der Waals surface area contributed by atoms with E-state index >= 15 is 0 Å². The van der Waals surface area contributed by atoms with Crippen LogP contribution in [0.5, 0.6) is 0 Å². The van der Waals surface area contributed by atoms with Crippen LogP contribution in [0.1, 0.15) is 31.4 Å². The van der Waals surface area contributed by atoms with Gasteiger partial charge in [-0.15, -0.1) is 0 Å². The van der Waals surface area contributed by atoms with Crippen LogP contribution < -0.4 is 10.6 Å². The molecule has 0 radical (unpaired) electrons. The van der Waals surface area contributed by atoms with E-state index in [0.717, 1.165) is 32.1 Å². The second kappa shape index (κ2) is 8.62. The molecule has 23 heavy (non-hydrogen) atoms. The molecular formula is C17H23F2N3O. The molecule has 1 aliphatic heterocycles. The summed E-state index contributed by atoms with van der Waals surface area (Å²) in [6.45, 7) is 4.11. The number of rotatable bonds is 5. The molecule has 1 heterocycles. The Kier molecular flexibility index (Phi) is 6.52. The number of hydrogen-bond acceptors (Lipinski definition) is 2. The minimum atomic E-state index is -0.842. The van der Waals surface area contributed by atoms with Crippen LogP contribution in [-0.2, 0) is 4.74 Å². The molecule has 0 saturated carbocycles. The van der Waals surface area contributed by atoms with Gasteiger partial charge in [-0.2, -0.15) is 0 Å². The zero-order chi connectivity index (χ0) is 16.7. The summed E-state index contributed by atoms with van der Waals surface area (Å²) in [5.41, 5.74) is 2.05. The van der Waals surface area contributed by atoms with E-state index in [2.05, 4.69) is 21.7 Å². The predicted octanol–water partition coefficient (Wildman–Crippen LogP) is 2.93. The van der Waals surface area contributed by atoms with E-state index in [1.54, 1.807) is 13.1 Å². The Bertz CT molecular complexity index is 587. The van der Waals surface area contributed by atoms with Crippen LogP contribution in [0.2, 0.25) is 0 Å². The van der Waals surface area contributed by atoms with Gasteiger partial charge in [-0.05, 0) is 37.5 Å². The number of guanidine groups is 1. The summed E-state index contributed by atoms with van der Waals surface area (Å²) in [6, 6.07) is 3.72. The van der Waals surface area contributed by atoms with Crippen molar-refractivity contribution in [2.45, 2.75) is 25.8 Å². The van der Waals surface area contributed by atoms with Crippen LogP contribution >= 0.6 is 0 Å². The topological polar surface area (TPSA) is 45.7 Å². The Morgan fingerprint density at radius 1 is 1.35 bits per heavy atom. The zero-order valence-electron chi connectivity index (χ0n) is 13.5. The number of aliphatic imine (C=N–C) groups is 1. The molecule has 126 valence electrons. The standard InChI is InChI=1S/C17H23F2N3O/c1-12(14-3-4-15(18)16(19)11-14)22-17(20-2)21-8-5-13-6-9-23-10-7-13/h3-4,6,11-12H,5,7-10H2,1-2H3,(H2,20,21,22). The molecule has 1 atom stereocenters. The largest absolute Gasteiger partial charge is 0.377 e. The minimum Gasteiger partial charge on any atom is -0.377 e. The molecule has 0 saturated heterocycles. The van der Waals surface area contributed by atoms with Gasteiger partial charge in [0.25, 0.3) is 0 Å². The minimum absolute atomic E-state index is 0.182. The second-order valence-corrected chi connectivity index (χ2v) is 5.48. The lowest BCUT2D eigenvalue weighted by molar-refractivity contribution is 0.153. The Morgan fingerprint density at radius 2 is 2.17 bits per heavy atom. The fraction of sp³-hybridized carbons (Fsp3) is 0.471. The highest BCUT2D eigenvalue weighted by Gasteiger charge is 2.11. The molecule has 6 heteroatoms. The number of ether oxygens (including phenoxy) is 1. The van der Waals surface area contributed by atoms with Crippen LogP contribution in [0.25, 0.3) is 0 Å². The van der Waals surface area contributed by atoms with Crippen LogP contribution in [0.15, 0.2) is 34.8 Å². The molecule has 4 nitrogen and oxygen atoms in total. The summed E-state index contributed by atoms with van der Waals surface area (Å²) in [4.78, 5) is 4.16. The smallest absolute Gasteiger partial charge is 0.191 e. The van der Waals surface area contributed by atoms with E-state index in [-0.39, 0.29) is 6.04 Å². The van der Waals surface area contributed by atoms with Crippen molar-refractivity contribution in [2.24, 2.45) is 4.99 Å². The average molecular weight is 323 g/mol. The van der Waals surface area contributed by atoms with Crippen LogP contribution in [0, 0.1) is 11.6 Å². The second-order valence-electron chi connectivity index (χ2n) is 5.48. The maximum Gasteiger partial charge on any atom is 0.191 e. The number of hydrogen-bond donors (Lipinski definition) is 2. The van der Waals surface area contributed by atoms with Gasteiger partial charge in [0, 0.05) is 13.6 Å². The summed E-state index contributed by atoms with van der Waals surface area (Å²) in [7, 11) is 1.68.